The number of ether oxygens (including phenoxy) is 1. The smallest absolute Gasteiger partial charge is 0.456 e. The Balaban J connectivity index is 2.75. The molecule has 1 aromatic rings. The average molecular weight is 290 g/mol. The Bertz CT molecular complexity index is 421. The number of hydrogen-bond acceptors (Lipinski definition) is 2. The van der Waals surface area contributed by atoms with Crippen molar-refractivity contribution in [1.82, 2.24) is 4.98 Å². The molecule has 0 aromatic carbocycles. The molecule has 0 aliphatic carbocycles. The van der Waals surface area contributed by atoms with Gasteiger partial charge in [0.05, 0.1) is 0 Å². The molecule has 0 unspecified atom stereocenters. The van der Waals surface area contributed by atoms with Crippen molar-refractivity contribution in [2.45, 2.75) is 25.4 Å². The van der Waals surface area contributed by atoms with Crippen molar-refractivity contribution in [3.8, 4) is 5.88 Å². The Morgan fingerprint density at radius 3 is 2.33 bits per heavy atom. The second-order valence-corrected chi connectivity index (χ2v) is 3.88. The summed E-state index contributed by atoms with van der Waals surface area (Å²) in [4.78, 5) is 3.58. The van der Waals surface area contributed by atoms with Gasteiger partial charge in [0.1, 0.15) is 5.02 Å². The second-order valence-electron chi connectivity index (χ2n) is 3.47. The summed E-state index contributed by atoms with van der Waals surface area (Å²) in [6.07, 6.45) is -3.76. The number of rotatable bonds is 4. The molecule has 0 atom stereocenters. The predicted octanol–water partition coefficient (Wildman–Crippen LogP) is 3.87. The van der Waals surface area contributed by atoms with E-state index in [1.165, 1.54) is 12.3 Å². The van der Waals surface area contributed by atoms with Crippen molar-refractivity contribution in [3.05, 3.63) is 22.8 Å². The van der Waals surface area contributed by atoms with Crippen LogP contribution in [0, 0.1) is 0 Å². The van der Waals surface area contributed by atoms with E-state index in [0.29, 0.717) is 6.42 Å². The number of alkyl halides is 5. The van der Waals surface area contributed by atoms with Crippen LogP contribution in [0.2, 0.25) is 5.02 Å². The van der Waals surface area contributed by atoms with E-state index >= 15 is 0 Å². The molecule has 0 fully saturated rings. The molecule has 0 amide bonds. The monoisotopic (exact) mass is 289 g/mol. The van der Waals surface area contributed by atoms with Crippen molar-refractivity contribution >= 4 is 11.6 Å². The van der Waals surface area contributed by atoms with Crippen molar-refractivity contribution in [3.63, 3.8) is 0 Å². The Labute approximate surface area is 105 Å². The molecule has 8 heteroatoms. The third-order valence-electron chi connectivity index (χ3n) is 2.08. The van der Waals surface area contributed by atoms with E-state index in [0.717, 1.165) is 5.56 Å². The quantitative estimate of drug-likeness (QED) is 0.785. The fraction of sp³-hybridized carbons (Fsp3) is 0.500. The van der Waals surface area contributed by atoms with Crippen LogP contribution in [-0.4, -0.2) is 23.7 Å². The largest absolute Gasteiger partial charge is 0.470 e. The van der Waals surface area contributed by atoms with Gasteiger partial charge in [-0.1, -0.05) is 18.5 Å². The standard InChI is InChI=1S/C10H9ClF5NO/c1-2-6-3-7(11)8(17-4-6)18-5-9(12,13)10(14,15)16/h3-4H,2,5H2,1H3. The lowest BCUT2D eigenvalue weighted by Gasteiger charge is -2.19. The van der Waals surface area contributed by atoms with Crippen molar-refractivity contribution in [1.29, 1.82) is 0 Å². The molecular weight excluding hydrogens is 281 g/mol. The summed E-state index contributed by atoms with van der Waals surface area (Å²) in [5.74, 6) is -5.39. The van der Waals surface area contributed by atoms with Crippen LogP contribution in [0.1, 0.15) is 12.5 Å². The molecule has 1 heterocycles. The van der Waals surface area contributed by atoms with Gasteiger partial charge in [-0.25, -0.2) is 4.98 Å². The van der Waals surface area contributed by atoms with Crippen LogP contribution in [0.5, 0.6) is 5.88 Å². The van der Waals surface area contributed by atoms with Crippen molar-refractivity contribution < 1.29 is 26.7 Å². The molecule has 1 rings (SSSR count). The summed E-state index contributed by atoms with van der Waals surface area (Å²) in [7, 11) is 0. The van der Waals surface area contributed by atoms with E-state index in [-0.39, 0.29) is 5.02 Å². The molecular formula is C10H9ClF5NO. The Morgan fingerprint density at radius 2 is 1.89 bits per heavy atom. The molecule has 0 N–H and O–H groups in total. The molecule has 18 heavy (non-hydrogen) atoms. The zero-order valence-electron chi connectivity index (χ0n) is 9.19. The Hall–Kier alpha value is -1.11. The van der Waals surface area contributed by atoms with Crippen molar-refractivity contribution in [2.75, 3.05) is 6.61 Å². The fourth-order valence-corrected chi connectivity index (χ4v) is 1.25. The topological polar surface area (TPSA) is 22.1 Å². The average Bonchev–Trinajstić information content (AvgIpc) is 2.25. The molecule has 1 aromatic heterocycles. The first-order valence-electron chi connectivity index (χ1n) is 4.89. The fourth-order valence-electron chi connectivity index (χ4n) is 1.01. The number of aromatic nitrogens is 1. The molecule has 0 aliphatic rings. The van der Waals surface area contributed by atoms with E-state index in [1.54, 1.807) is 0 Å². The zero-order valence-corrected chi connectivity index (χ0v) is 9.95. The maximum absolute atomic E-state index is 12.6. The van der Waals surface area contributed by atoms with Gasteiger partial charge in [-0.05, 0) is 18.1 Å². The summed E-state index contributed by atoms with van der Waals surface area (Å²) in [5.41, 5.74) is 0.718. The number of halogens is 6. The maximum Gasteiger partial charge on any atom is 0.456 e. The SMILES string of the molecule is CCc1cnc(OCC(F)(F)C(F)(F)F)c(Cl)c1. The van der Waals surface area contributed by atoms with Gasteiger partial charge in [-0.15, -0.1) is 0 Å². The Morgan fingerprint density at radius 1 is 1.28 bits per heavy atom. The molecule has 2 nitrogen and oxygen atoms in total. The third kappa shape index (κ3) is 3.44. The van der Waals surface area contributed by atoms with Gasteiger partial charge in [0.15, 0.2) is 6.61 Å². The predicted molar refractivity (Wildman–Crippen MR) is 55.1 cm³/mol. The lowest BCUT2D eigenvalue weighted by molar-refractivity contribution is -0.290. The van der Waals surface area contributed by atoms with Crippen LogP contribution >= 0.6 is 11.6 Å². The van der Waals surface area contributed by atoms with Gasteiger partial charge in [0.25, 0.3) is 0 Å². The lowest BCUT2D eigenvalue weighted by Crippen LogP contribution is -2.41. The van der Waals surface area contributed by atoms with Crippen LogP contribution in [-0.2, 0) is 6.42 Å². The highest BCUT2D eigenvalue weighted by Gasteiger charge is 2.58. The number of nitrogens with zero attached hydrogens (tertiary/aromatic N) is 1. The van der Waals surface area contributed by atoms with Gasteiger partial charge < -0.3 is 4.74 Å². The first-order chi connectivity index (χ1) is 8.17. The first-order valence-corrected chi connectivity index (χ1v) is 5.27. The lowest BCUT2D eigenvalue weighted by atomic mass is 10.2. The number of aryl methyl sites for hydroxylation is 1. The first kappa shape index (κ1) is 14.9. The summed E-state index contributed by atoms with van der Waals surface area (Å²) in [6, 6.07) is 1.40. The highest BCUT2D eigenvalue weighted by molar-refractivity contribution is 6.31. The van der Waals surface area contributed by atoms with E-state index < -0.39 is 24.6 Å². The van der Waals surface area contributed by atoms with Crippen LogP contribution in [0.3, 0.4) is 0 Å². The highest BCUT2D eigenvalue weighted by atomic mass is 35.5. The zero-order chi connectivity index (χ0) is 14.0. The normalized spacial score (nSPS) is 12.6. The maximum atomic E-state index is 12.6. The van der Waals surface area contributed by atoms with Gasteiger partial charge in [-0.2, -0.15) is 22.0 Å². The van der Waals surface area contributed by atoms with E-state index in [1.807, 2.05) is 6.92 Å². The number of hydrogen-bond donors (Lipinski definition) is 0. The summed E-state index contributed by atoms with van der Waals surface area (Å²) >= 11 is 5.64. The van der Waals surface area contributed by atoms with Crippen LogP contribution < -0.4 is 4.74 Å². The summed E-state index contributed by atoms with van der Waals surface area (Å²) in [5, 5.41) is -0.104. The second kappa shape index (κ2) is 5.26. The molecule has 0 radical (unpaired) electrons. The van der Waals surface area contributed by atoms with E-state index in [9.17, 15) is 22.0 Å². The summed E-state index contributed by atoms with van der Waals surface area (Å²) < 4.78 is 65.1. The van der Waals surface area contributed by atoms with Gasteiger partial charge in [0, 0.05) is 6.20 Å². The highest BCUT2D eigenvalue weighted by Crippen LogP contribution is 2.36. The molecule has 0 saturated heterocycles. The van der Waals surface area contributed by atoms with Gasteiger partial charge in [0.2, 0.25) is 5.88 Å². The van der Waals surface area contributed by atoms with E-state index in [4.69, 9.17) is 11.6 Å². The summed E-state index contributed by atoms with van der Waals surface area (Å²) in [6.45, 7) is -0.0413. The minimum Gasteiger partial charge on any atom is -0.470 e. The van der Waals surface area contributed by atoms with Crippen LogP contribution in [0.4, 0.5) is 22.0 Å². The molecule has 102 valence electrons. The third-order valence-corrected chi connectivity index (χ3v) is 2.35. The van der Waals surface area contributed by atoms with E-state index in [2.05, 4.69) is 9.72 Å². The van der Waals surface area contributed by atoms with Crippen LogP contribution in [0.15, 0.2) is 12.3 Å². The molecule has 0 aliphatic heterocycles. The minimum absolute atomic E-state index is 0.104. The molecule has 0 bridgehead atoms. The number of pyridine rings is 1. The Kier molecular flexibility index (Phi) is 4.37. The van der Waals surface area contributed by atoms with Crippen molar-refractivity contribution in [2.24, 2.45) is 0 Å². The minimum atomic E-state index is -5.66. The molecule has 0 saturated carbocycles. The van der Waals surface area contributed by atoms with Gasteiger partial charge in [-0.3, -0.25) is 0 Å². The van der Waals surface area contributed by atoms with Gasteiger partial charge >= 0.3 is 12.1 Å². The van der Waals surface area contributed by atoms with Crippen LogP contribution in [0.25, 0.3) is 0 Å². The molecule has 0 spiro atoms.